The molecule has 25 heavy (non-hydrogen) atoms. The SMILES string of the molecule is O=C(O)c1ccc([C@@H]2Nc3ccc(C4CC4)cc3[C@@H]3CCC[C@@H]32)cc1. The molecule has 3 heteroatoms. The van der Waals surface area contributed by atoms with Crippen molar-refractivity contribution in [3.63, 3.8) is 0 Å². The van der Waals surface area contributed by atoms with Crippen LogP contribution in [0.5, 0.6) is 0 Å². The molecule has 0 aromatic heterocycles. The number of nitrogens with one attached hydrogen (secondary N) is 1. The Morgan fingerprint density at radius 3 is 2.44 bits per heavy atom. The van der Waals surface area contributed by atoms with Crippen molar-refractivity contribution < 1.29 is 9.90 Å². The predicted molar refractivity (Wildman–Crippen MR) is 98.3 cm³/mol. The van der Waals surface area contributed by atoms with E-state index in [0.29, 0.717) is 17.4 Å². The summed E-state index contributed by atoms with van der Waals surface area (Å²) in [6.45, 7) is 0. The zero-order chi connectivity index (χ0) is 17.0. The van der Waals surface area contributed by atoms with Gasteiger partial charge in [0, 0.05) is 5.69 Å². The van der Waals surface area contributed by atoms with Crippen molar-refractivity contribution in [3.05, 3.63) is 64.7 Å². The third kappa shape index (κ3) is 2.53. The Labute approximate surface area is 148 Å². The van der Waals surface area contributed by atoms with E-state index in [2.05, 4.69) is 23.5 Å². The largest absolute Gasteiger partial charge is 0.478 e. The van der Waals surface area contributed by atoms with Crippen LogP contribution in [0.15, 0.2) is 42.5 Å². The van der Waals surface area contributed by atoms with Gasteiger partial charge in [0.25, 0.3) is 0 Å². The molecule has 5 rings (SSSR count). The molecule has 0 bridgehead atoms. The summed E-state index contributed by atoms with van der Waals surface area (Å²) in [6, 6.07) is 14.8. The number of hydrogen-bond donors (Lipinski definition) is 2. The second-order valence-electron chi connectivity index (χ2n) is 7.87. The van der Waals surface area contributed by atoms with Gasteiger partial charge in [0.15, 0.2) is 0 Å². The minimum absolute atomic E-state index is 0.287. The summed E-state index contributed by atoms with van der Waals surface area (Å²) in [5, 5.41) is 12.9. The lowest BCUT2D eigenvalue weighted by Gasteiger charge is -2.38. The van der Waals surface area contributed by atoms with Crippen molar-refractivity contribution in [1.29, 1.82) is 0 Å². The van der Waals surface area contributed by atoms with Crippen LogP contribution in [0.3, 0.4) is 0 Å². The lowest BCUT2D eigenvalue weighted by Crippen LogP contribution is -2.28. The van der Waals surface area contributed by atoms with Gasteiger partial charge >= 0.3 is 5.97 Å². The Morgan fingerprint density at radius 1 is 0.960 bits per heavy atom. The molecule has 3 atom stereocenters. The molecule has 0 radical (unpaired) electrons. The number of carboxylic acids is 1. The normalized spacial score (nSPS) is 27.3. The van der Waals surface area contributed by atoms with Crippen molar-refractivity contribution in [2.24, 2.45) is 5.92 Å². The highest BCUT2D eigenvalue weighted by molar-refractivity contribution is 5.87. The molecule has 1 heterocycles. The summed E-state index contributed by atoms with van der Waals surface area (Å²) in [5.74, 6) is 1.18. The maximum absolute atomic E-state index is 11.1. The molecule has 2 aromatic rings. The zero-order valence-corrected chi connectivity index (χ0v) is 14.2. The molecule has 3 aliphatic rings. The molecule has 1 aliphatic heterocycles. The Kier molecular flexibility index (Phi) is 3.37. The maximum Gasteiger partial charge on any atom is 0.335 e. The first-order valence-electron chi connectivity index (χ1n) is 9.44. The molecule has 2 N–H and O–H groups in total. The van der Waals surface area contributed by atoms with Gasteiger partial charge in [-0.3, -0.25) is 0 Å². The monoisotopic (exact) mass is 333 g/mol. The van der Waals surface area contributed by atoms with Crippen LogP contribution in [0.1, 0.15) is 77.0 Å². The highest BCUT2D eigenvalue weighted by Crippen LogP contribution is 2.54. The lowest BCUT2D eigenvalue weighted by molar-refractivity contribution is 0.0697. The number of anilines is 1. The van der Waals surface area contributed by atoms with Crippen LogP contribution in [0.4, 0.5) is 5.69 Å². The summed E-state index contributed by atoms with van der Waals surface area (Å²) in [5.41, 5.74) is 5.89. The third-order valence-corrected chi connectivity index (χ3v) is 6.35. The number of carbonyl (C=O) groups is 1. The molecule has 3 nitrogen and oxygen atoms in total. The van der Waals surface area contributed by atoms with Crippen LogP contribution >= 0.6 is 0 Å². The van der Waals surface area contributed by atoms with E-state index >= 15 is 0 Å². The van der Waals surface area contributed by atoms with Gasteiger partial charge in [-0.2, -0.15) is 0 Å². The van der Waals surface area contributed by atoms with Gasteiger partial charge in [-0.1, -0.05) is 30.7 Å². The third-order valence-electron chi connectivity index (χ3n) is 6.35. The molecule has 2 fully saturated rings. The minimum atomic E-state index is -0.861. The van der Waals surface area contributed by atoms with E-state index in [1.807, 2.05) is 12.1 Å². The van der Waals surface area contributed by atoms with Crippen LogP contribution in [0.2, 0.25) is 0 Å². The second-order valence-corrected chi connectivity index (χ2v) is 7.87. The Balaban J connectivity index is 1.51. The number of aromatic carboxylic acids is 1. The van der Waals surface area contributed by atoms with Gasteiger partial charge < -0.3 is 10.4 Å². The van der Waals surface area contributed by atoms with Crippen molar-refractivity contribution in [3.8, 4) is 0 Å². The summed E-state index contributed by atoms with van der Waals surface area (Å²) in [7, 11) is 0. The molecule has 0 amide bonds. The fourth-order valence-electron chi connectivity index (χ4n) is 4.90. The van der Waals surface area contributed by atoms with Crippen molar-refractivity contribution in [2.45, 2.75) is 50.0 Å². The van der Waals surface area contributed by atoms with Gasteiger partial charge in [0.05, 0.1) is 11.6 Å². The number of fused-ring (bicyclic) bond motifs is 3. The van der Waals surface area contributed by atoms with E-state index in [1.54, 1.807) is 12.1 Å². The van der Waals surface area contributed by atoms with Crippen LogP contribution in [-0.4, -0.2) is 11.1 Å². The van der Waals surface area contributed by atoms with Crippen LogP contribution in [0.25, 0.3) is 0 Å². The number of benzene rings is 2. The van der Waals surface area contributed by atoms with E-state index in [4.69, 9.17) is 5.11 Å². The van der Waals surface area contributed by atoms with Gasteiger partial charge in [-0.05, 0) is 78.3 Å². The fourth-order valence-corrected chi connectivity index (χ4v) is 4.90. The Morgan fingerprint density at radius 2 is 1.72 bits per heavy atom. The van der Waals surface area contributed by atoms with Crippen LogP contribution in [-0.2, 0) is 0 Å². The van der Waals surface area contributed by atoms with Crippen molar-refractivity contribution in [1.82, 2.24) is 0 Å². The lowest BCUT2D eigenvalue weighted by atomic mass is 9.76. The molecular formula is C22H23NO2. The molecule has 0 spiro atoms. The number of rotatable bonds is 3. The first-order chi connectivity index (χ1) is 12.2. The zero-order valence-electron chi connectivity index (χ0n) is 14.2. The van der Waals surface area contributed by atoms with Gasteiger partial charge in [-0.15, -0.1) is 0 Å². The van der Waals surface area contributed by atoms with Crippen molar-refractivity contribution in [2.75, 3.05) is 5.32 Å². The standard InChI is InChI=1S/C22H23NO2/c24-22(25)15-8-6-14(7-9-15)21-18-3-1-2-17(18)19-12-16(13-4-5-13)10-11-20(19)23-21/h6-13,17-18,21,23H,1-5H2,(H,24,25)/t17-,18+,21+/m1/s1. The van der Waals surface area contributed by atoms with Crippen molar-refractivity contribution >= 4 is 11.7 Å². The highest BCUT2D eigenvalue weighted by Gasteiger charge is 2.40. The molecule has 2 aromatic carbocycles. The average Bonchev–Trinajstić information content (AvgIpc) is 3.37. The van der Waals surface area contributed by atoms with Crippen LogP contribution < -0.4 is 5.32 Å². The smallest absolute Gasteiger partial charge is 0.335 e. The van der Waals surface area contributed by atoms with Gasteiger partial charge in [-0.25, -0.2) is 4.79 Å². The molecule has 2 saturated carbocycles. The summed E-state index contributed by atoms with van der Waals surface area (Å²) >= 11 is 0. The van der Waals surface area contributed by atoms with Crippen LogP contribution in [0, 0.1) is 5.92 Å². The van der Waals surface area contributed by atoms with E-state index in [-0.39, 0.29) is 6.04 Å². The summed E-state index contributed by atoms with van der Waals surface area (Å²) < 4.78 is 0. The van der Waals surface area contributed by atoms with E-state index in [1.165, 1.54) is 54.5 Å². The predicted octanol–water partition coefficient (Wildman–Crippen LogP) is 5.31. The van der Waals surface area contributed by atoms with Gasteiger partial charge in [0.1, 0.15) is 0 Å². The molecule has 0 unspecified atom stereocenters. The Bertz CT molecular complexity index is 822. The van der Waals surface area contributed by atoms with E-state index in [0.717, 1.165) is 5.92 Å². The molecule has 0 saturated heterocycles. The van der Waals surface area contributed by atoms with E-state index in [9.17, 15) is 4.79 Å². The summed E-state index contributed by atoms with van der Waals surface area (Å²) in [6.07, 6.45) is 6.50. The number of hydrogen-bond acceptors (Lipinski definition) is 2. The first kappa shape index (κ1) is 15.0. The second kappa shape index (κ2) is 5.62. The van der Waals surface area contributed by atoms with Gasteiger partial charge in [0.2, 0.25) is 0 Å². The Hall–Kier alpha value is -2.29. The average molecular weight is 333 g/mol. The molecular weight excluding hydrogens is 310 g/mol. The minimum Gasteiger partial charge on any atom is -0.478 e. The number of carboxylic acid groups (broad SMARTS) is 1. The maximum atomic E-state index is 11.1. The van der Waals surface area contributed by atoms with E-state index < -0.39 is 5.97 Å². The highest BCUT2D eigenvalue weighted by atomic mass is 16.4. The molecule has 128 valence electrons. The summed E-state index contributed by atoms with van der Waals surface area (Å²) in [4.78, 5) is 11.1. The first-order valence-corrected chi connectivity index (χ1v) is 9.44. The quantitative estimate of drug-likeness (QED) is 0.800. The topological polar surface area (TPSA) is 49.3 Å². The fraction of sp³-hybridized carbons (Fsp3) is 0.409. The molecule has 2 aliphatic carbocycles.